The van der Waals surface area contributed by atoms with Crippen molar-refractivity contribution in [3.05, 3.63) is 58.1 Å². The van der Waals surface area contributed by atoms with Crippen molar-refractivity contribution in [1.82, 2.24) is 0 Å². The number of rotatable bonds is 4. The predicted octanol–water partition coefficient (Wildman–Crippen LogP) is 4.91. The zero-order valence-electron chi connectivity index (χ0n) is 11.1. The summed E-state index contributed by atoms with van der Waals surface area (Å²) in [5.74, 6) is -0.301. The lowest BCUT2D eigenvalue weighted by molar-refractivity contribution is 0.412. The molecule has 2 rings (SSSR count). The molecule has 0 amide bonds. The molecular formula is C15H14BrF2NO. The molecule has 0 heterocycles. The van der Waals surface area contributed by atoms with E-state index in [9.17, 15) is 8.78 Å². The number of nitrogens with one attached hydrogen (secondary N) is 1. The molecule has 0 bridgehead atoms. The Labute approximate surface area is 124 Å². The van der Waals surface area contributed by atoms with Gasteiger partial charge < -0.3 is 10.1 Å². The predicted molar refractivity (Wildman–Crippen MR) is 79.1 cm³/mol. The van der Waals surface area contributed by atoms with Crippen molar-refractivity contribution in [3.63, 3.8) is 0 Å². The SMILES string of the molecule is COc1cc(F)ccc1NC(C)c1ccc(Br)cc1F. The van der Waals surface area contributed by atoms with Crippen molar-refractivity contribution >= 4 is 21.6 Å². The summed E-state index contributed by atoms with van der Waals surface area (Å²) in [4.78, 5) is 0. The van der Waals surface area contributed by atoms with Crippen LogP contribution in [0, 0.1) is 11.6 Å². The van der Waals surface area contributed by atoms with Crippen LogP contribution >= 0.6 is 15.9 Å². The molecule has 0 fully saturated rings. The highest BCUT2D eigenvalue weighted by Gasteiger charge is 2.13. The largest absolute Gasteiger partial charge is 0.494 e. The van der Waals surface area contributed by atoms with E-state index in [0.717, 1.165) is 0 Å². The molecule has 1 unspecified atom stereocenters. The van der Waals surface area contributed by atoms with Crippen molar-refractivity contribution in [2.75, 3.05) is 12.4 Å². The highest BCUT2D eigenvalue weighted by Crippen LogP contribution is 2.30. The first-order valence-electron chi connectivity index (χ1n) is 6.06. The van der Waals surface area contributed by atoms with E-state index in [1.54, 1.807) is 18.2 Å². The minimum atomic E-state index is -0.380. The van der Waals surface area contributed by atoms with Crippen LogP contribution in [0.4, 0.5) is 14.5 Å². The third-order valence-corrected chi connectivity index (χ3v) is 3.46. The number of hydrogen-bond acceptors (Lipinski definition) is 2. The van der Waals surface area contributed by atoms with Crippen molar-refractivity contribution < 1.29 is 13.5 Å². The number of halogens is 3. The van der Waals surface area contributed by atoms with E-state index in [1.807, 2.05) is 6.92 Å². The molecular weight excluding hydrogens is 328 g/mol. The monoisotopic (exact) mass is 341 g/mol. The number of benzene rings is 2. The zero-order valence-corrected chi connectivity index (χ0v) is 12.7. The summed E-state index contributed by atoms with van der Waals surface area (Å²) in [6.45, 7) is 1.83. The maximum atomic E-state index is 13.9. The Morgan fingerprint density at radius 2 is 1.90 bits per heavy atom. The van der Waals surface area contributed by atoms with Gasteiger partial charge in [0.2, 0.25) is 0 Å². The Morgan fingerprint density at radius 1 is 1.15 bits per heavy atom. The van der Waals surface area contributed by atoms with Gasteiger partial charge in [-0.2, -0.15) is 0 Å². The van der Waals surface area contributed by atoms with Crippen LogP contribution in [0.15, 0.2) is 40.9 Å². The fraction of sp³-hybridized carbons (Fsp3) is 0.200. The van der Waals surface area contributed by atoms with Gasteiger partial charge in [-0.15, -0.1) is 0 Å². The van der Waals surface area contributed by atoms with Crippen molar-refractivity contribution in [2.45, 2.75) is 13.0 Å². The fourth-order valence-electron chi connectivity index (χ4n) is 1.95. The van der Waals surface area contributed by atoms with Gasteiger partial charge in [0.25, 0.3) is 0 Å². The normalized spacial score (nSPS) is 12.1. The smallest absolute Gasteiger partial charge is 0.144 e. The molecule has 20 heavy (non-hydrogen) atoms. The van der Waals surface area contributed by atoms with E-state index in [1.165, 1.54) is 25.3 Å². The molecule has 2 aromatic carbocycles. The summed E-state index contributed by atoms with van der Waals surface area (Å²) in [5, 5.41) is 3.12. The second kappa shape index (κ2) is 6.22. The highest BCUT2D eigenvalue weighted by atomic mass is 79.9. The first-order chi connectivity index (χ1) is 9.51. The molecule has 0 aliphatic carbocycles. The average molecular weight is 342 g/mol. The molecule has 2 aromatic rings. The van der Waals surface area contributed by atoms with E-state index >= 15 is 0 Å². The number of ether oxygens (including phenoxy) is 1. The maximum Gasteiger partial charge on any atom is 0.144 e. The Balaban J connectivity index is 2.25. The van der Waals surface area contributed by atoms with Crippen molar-refractivity contribution in [2.24, 2.45) is 0 Å². The molecule has 0 saturated carbocycles. The molecule has 106 valence electrons. The first kappa shape index (κ1) is 14.8. The second-order valence-electron chi connectivity index (χ2n) is 4.38. The molecule has 1 N–H and O–H groups in total. The van der Waals surface area contributed by atoms with Crippen LogP contribution < -0.4 is 10.1 Å². The maximum absolute atomic E-state index is 13.9. The summed E-state index contributed by atoms with van der Waals surface area (Å²) >= 11 is 3.22. The van der Waals surface area contributed by atoms with Gasteiger partial charge in [0.05, 0.1) is 18.8 Å². The van der Waals surface area contributed by atoms with E-state index in [4.69, 9.17) is 4.74 Å². The first-order valence-corrected chi connectivity index (χ1v) is 6.85. The van der Waals surface area contributed by atoms with Gasteiger partial charge in [0.1, 0.15) is 17.4 Å². The molecule has 0 aliphatic heterocycles. The van der Waals surface area contributed by atoms with Crippen LogP contribution in [0.2, 0.25) is 0 Å². The van der Waals surface area contributed by atoms with Gasteiger partial charge in [-0.25, -0.2) is 8.78 Å². The minimum Gasteiger partial charge on any atom is -0.494 e. The molecule has 0 aliphatic rings. The minimum absolute atomic E-state index is 0.275. The second-order valence-corrected chi connectivity index (χ2v) is 5.29. The van der Waals surface area contributed by atoms with Crippen LogP contribution in [0.1, 0.15) is 18.5 Å². The number of hydrogen-bond donors (Lipinski definition) is 1. The van der Waals surface area contributed by atoms with Crippen LogP contribution in [0.3, 0.4) is 0 Å². The summed E-state index contributed by atoms with van der Waals surface area (Å²) in [7, 11) is 1.46. The quantitative estimate of drug-likeness (QED) is 0.853. The van der Waals surface area contributed by atoms with Gasteiger partial charge in [-0.1, -0.05) is 22.0 Å². The van der Waals surface area contributed by atoms with Crippen LogP contribution in [-0.2, 0) is 0 Å². The molecule has 2 nitrogen and oxygen atoms in total. The molecule has 0 radical (unpaired) electrons. The lowest BCUT2D eigenvalue weighted by atomic mass is 10.1. The van der Waals surface area contributed by atoms with Crippen molar-refractivity contribution in [3.8, 4) is 5.75 Å². The lowest BCUT2D eigenvalue weighted by Gasteiger charge is -2.18. The van der Waals surface area contributed by atoms with Crippen molar-refractivity contribution in [1.29, 1.82) is 0 Å². The third-order valence-electron chi connectivity index (χ3n) is 2.96. The Morgan fingerprint density at radius 3 is 2.55 bits per heavy atom. The molecule has 5 heteroatoms. The van der Waals surface area contributed by atoms with E-state index in [0.29, 0.717) is 21.5 Å². The highest BCUT2D eigenvalue weighted by molar-refractivity contribution is 9.10. The molecule has 0 saturated heterocycles. The van der Waals surface area contributed by atoms with E-state index in [-0.39, 0.29) is 17.7 Å². The van der Waals surface area contributed by atoms with E-state index in [2.05, 4.69) is 21.2 Å². The Kier molecular flexibility index (Phi) is 4.60. The van der Waals surface area contributed by atoms with Gasteiger partial charge in [-0.3, -0.25) is 0 Å². The molecule has 0 spiro atoms. The Bertz CT molecular complexity index is 619. The zero-order chi connectivity index (χ0) is 14.7. The lowest BCUT2D eigenvalue weighted by Crippen LogP contribution is -2.09. The number of methoxy groups -OCH3 is 1. The van der Waals surface area contributed by atoms with Crippen LogP contribution in [-0.4, -0.2) is 7.11 Å². The Hall–Kier alpha value is -1.62. The van der Waals surface area contributed by atoms with Gasteiger partial charge in [-0.05, 0) is 31.2 Å². The van der Waals surface area contributed by atoms with E-state index < -0.39 is 0 Å². The summed E-state index contributed by atoms with van der Waals surface area (Å²) < 4.78 is 32.8. The van der Waals surface area contributed by atoms with Gasteiger partial charge >= 0.3 is 0 Å². The molecule has 0 aromatic heterocycles. The fourth-order valence-corrected chi connectivity index (χ4v) is 2.28. The number of anilines is 1. The van der Waals surface area contributed by atoms with Crippen LogP contribution in [0.5, 0.6) is 5.75 Å². The average Bonchev–Trinajstić information content (AvgIpc) is 2.40. The molecule has 1 atom stereocenters. The topological polar surface area (TPSA) is 21.3 Å². The summed E-state index contributed by atoms with van der Waals surface area (Å²) in [5.41, 5.74) is 1.14. The summed E-state index contributed by atoms with van der Waals surface area (Å²) in [6.07, 6.45) is 0. The van der Waals surface area contributed by atoms with Gasteiger partial charge in [0, 0.05) is 16.1 Å². The van der Waals surface area contributed by atoms with Gasteiger partial charge in [0.15, 0.2) is 0 Å². The standard InChI is InChI=1S/C15H14BrF2NO/c1-9(12-5-3-10(16)7-13(12)18)19-14-6-4-11(17)8-15(14)20-2/h3-9,19H,1-2H3. The third kappa shape index (κ3) is 3.28. The van der Waals surface area contributed by atoms with Crippen LogP contribution in [0.25, 0.3) is 0 Å². The summed E-state index contributed by atoms with van der Waals surface area (Å²) in [6, 6.07) is 8.80.